The number of benzene rings is 2. The van der Waals surface area contributed by atoms with Crippen LogP contribution in [0.5, 0.6) is 0 Å². The summed E-state index contributed by atoms with van der Waals surface area (Å²) in [7, 11) is 0. The van der Waals surface area contributed by atoms with Crippen molar-refractivity contribution in [3.8, 4) is 11.4 Å². The number of hydrazine groups is 1. The minimum absolute atomic E-state index is 0.0718. The van der Waals surface area contributed by atoms with Crippen LogP contribution >= 0.6 is 11.6 Å². The number of carbonyl (C=O) groups excluding carboxylic acids is 1. The van der Waals surface area contributed by atoms with Gasteiger partial charge in [0.15, 0.2) is 0 Å². The minimum atomic E-state index is -4.50. The third kappa shape index (κ3) is 4.15. The standard InChI is InChI=1S/C21H20ClF3N4O/c1-12-9-13(20(30)28-29-7-3-2-4-8-29)5-6-15(12)19-26-17-11-14(21(23,24)25)10-16(22)18(17)27-19/h5-6,9-11H,2-4,7-8H2,1H3,(H,26,27)(H,28,30). The van der Waals surface area contributed by atoms with Crippen molar-refractivity contribution in [1.29, 1.82) is 0 Å². The van der Waals surface area contributed by atoms with Crippen LogP contribution in [0.1, 0.15) is 40.7 Å². The van der Waals surface area contributed by atoms with Gasteiger partial charge in [-0.2, -0.15) is 13.2 Å². The summed E-state index contributed by atoms with van der Waals surface area (Å²) < 4.78 is 39.1. The molecule has 1 aliphatic heterocycles. The van der Waals surface area contributed by atoms with Crippen molar-refractivity contribution in [3.05, 3.63) is 52.0 Å². The summed E-state index contributed by atoms with van der Waals surface area (Å²) in [5.74, 6) is 0.209. The maximum atomic E-state index is 13.0. The number of fused-ring (bicyclic) bond motifs is 1. The van der Waals surface area contributed by atoms with E-state index in [9.17, 15) is 18.0 Å². The summed E-state index contributed by atoms with van der Waals surface area (Å²) in [5.41, 5.74) is 4.52. The molecule has 0 spiro atoms. The largest absolute Gasteiger partial charge is 0.416 e. The average molecular weight is 437 g/mol. The first-order chi connectivity index (χ1) is 14.2. The molecule has 0 radical (unpaired) electrons. The van der Waals surface area contributed by atoms with Crippen molar-refractivity contribution >= 4 is 28.5 Å². The Morgan fingerprint density at radius 3 is 2.57 bits per heavy atom. The molecule has 1 saturated heterocycles. The van der Waals surface area contributed by atoms with Gasteiger partial charge in [-0.3, -0.25) is 10.2 Å². The summed E-state index contributed by atoms with van der Waals surface area (Å²) in [6, 6.07) is 7.02. The van der Waals surface area contributed by atoms with E-state index in [1.165, 1.54) is 6.42 Å². The van der Waals surface area contributed by atoms with Crippen LogP contribution in [0, 0.1) is 6.92 Å². The Labute approximate surface area is 176 Å². The molecule has 0 bridgehead atoms. The normalized spacial score (nSPS) is 15.5. The molecule has 2 heterocycles. The Morgan fingerprint density at radius 1 is 1.17 bits per heavy atom. The van der Waals surface area contributed by atoms with E-state index in [4.69, 9.17) is 11.6 Å². The number of alkyl halides is 3. The van der Waals surface area contributed by atoms with E-state index in [0.717, 1.165) is 43.6 Å². The number of carbonyl (C=O) groups is 1. The fourth-order valence-corrected chi connectivity index (χ4v) is 3.91. The van der Waals surface area contributed by atoms with E-state index < -0.39 is 11.7 Å². The highest BCUT2D eigenvalue weighted by Crippen LogP contribution is 2.35. The molecular weight excluding hydrogens is 417 g/mol. The van der Waals surface area contributed by atoms with Gasteiger partial charge in [-0.05, 0) is 49.6 Å². The lowest BCUT2D eigenvalue weighted by Crippen LogP contribution is -2.45. The molecule has 2 aromatic carbocycles. The van der Waals surface area contributed by atoms with Gasteiger partial charge in [0, 0.05) is 24.2 Å². The van der Waals surface area contributed by atoms with Crippen molar-refractivity contribution in [3.63, 3.8) is 0 Å². The molecule has 1 fully saturated rings. The molecule has 2 N–H and O–H groups in total. The minimum Gasteiger partial charge on any atom is -0.338 e. The number of H-pyrrole nitrogens is 1. The highest BCUT2D eigenvalue weighted by Gasteiger charge is 2.32. The van der Waals surface area contributed by atoms with Crippen molar-refractivity contribution in [2.45, 2.75) is 32.4 Å². The fraction of sp³-hybridized carbons (Fsp3) is 0.333. The first-order valence-electron chi connectivity index (χ1n) is 9.66. The van der Waals surface area contributed by atoms with E-state index >= 15 is 0 Å². The number of piperidine rings is 1. The van der Waals surface area contributed by atoms with Crippen LogP contribution in [-0.2, 0) is 6.18 Å². The molecule has 158 valence electrons. The number of nitrogens with zero attached hydrogens (tertiary/aromatic N) is 2. The third-order valence-electron chi connectivity index (χ3n) is 5.23. The SMILES string of the molecule is Cc1cc(C(=O)NN2CCCCC2)ccc1-c1nc2c(Cl)cc(C(F)(F)F)cc2[nH]1. The first-order valence-corrected chi connectivity index (χ1v) is 10.0. The molecule has 5 nitrogen and oxygen atoms in total. The van der Waals surface area contributed by atoms with E-state index in [0.29, 0.717) is 17.0 Å². The highest BCUT2D eigenvalue weighted by atomic mass is 35.5. The molecular formula is C21H20ClF3N4O. The number of aryl methyl sites for hydroxylation is 1. The topological polar surface area (TPSA) is 61.0 Å². The Bertz CT molecular complexity index is 1100. The van der Waals surface area contributed by atoms with Crippen molar-refractivity contribution in [2.24, 2.45) is 0 Å². The van der Waals surface area contributed by atoms with Crippen LogP contribution in [-0.4, -0.2) is 34.0 Å². The lowest BCUT2D eigenvalue weighted by Gasteiger charge is -2.26. The summed E-state index contributed by atoms with van der Waals surface area (Å²) in [4.78, 5) is 19.8. The average Bonchev–Trinajstić information content (AvgIpc) is 3.12. The molecule has 0 atom stereocenters. The molecule has 1 aliphatic rings. The molecule has 1 amide bonds. The fourth-order valence-electron chi connectivity index (χ4n) is 3.65. The zero-order valence-electron chi connectivity index (χ0n) is 16.2. The highest BCUT2D eigenvalue weighted by molar-refractivity contribution is 6.35. The predicted octanol–water partition coefficient (Wildman–Crippen LogP) is 5.34. The monoisotopic (exact) mass is 436 g/mol. The molecule has 4 rings (SSSR count). The van der Waals surface area contributed by atoms with Gasteiger partial charge in [-0.15, -0.1) is 0 Å². The summed E-state index contributed by atoms with van der Waals surface area (Å²) in [5, 5.41) is 1.85. The van der Waals surface area contributed by atoms with Gasteiger partial charge >= 0.3 is 6.18 Å². The Balaban J connectivity index is 1.62. The maximum Gasteiger partial charge on any atom is 0.416 e. The van der Waals surface area contributed by atoms with E-state index in [1.807, 2.05) is 11.9 Å². The number of aromatic amines is 1. The van der Waals surface area contributed by atoms with Crippen LogP contribution in [0.2, 0.25) is 5.02 Å². The molecule has 30 heavy (non-hydrogen) atoms. The van der Waals surface area contributed by atoms with Gasteiger partial charge in [0.05, 0.1) is 16.1 Å². The Kier molecular flexibility index (Phi) is 5.46. The molecule has 3 aromatic rings. The lowest BCUT2D eigenvalue weighted by atomic mass is 10.0. The third-order valence-corrected chi connectivity index (χ3v) is 5.51. The smallest absolute Gasteiger partial charge is 0.338 e. The molecule has 9 heteroatoms. The molecule has 0 saturated carbocycles. The summed E-state index contributed by atoms with van der Waals surface area (Å²) >= 11 is 6.03. The van der Waals surface area contributed by atoms with Crippen LogP contribution in [0.25, 0.3) is 22.4 Å². The number of aromatic nitrogens is 2. The molecule has 1 aromatic heterocycles. The van der Waals surface area contributed by atoms with Gasteiger partial charge in [-0.25, -0.2) is 9.99 Å². The van der Waals surface area contributed by atoms with E-state index in [1.54, 1.807) is 18.2 Å². The summed E-state index contributed by atoms with van der Waals surface area (Å²) in [6.45, 7) is 3.49. The number of imidazole rings is 1. The predicted molar refractivity (Wildman–Crippen MR) is 109 cm³/mol. The number of hydrogen-bond acceptors (Lipinski definition) is 3. The Hall–Kier alpha value is -2.58. The second kappa shape index (κ2) is 7.92. The second-order valence-electron chi connectivity index (χ2n) is 7.46. The first kappa shape index (κ1) is 20.7. The van der Waals surface area contributed by atoms with Gasteiger partial charge in [-0.1, -0.05) is 24.1 Å². The maximum absolute atomic E-state index is 13.0. The summed E-state index contributed by atoms with van der Waals surface area (Å²) in [6.07, 6.45) is -1.21. The number of amides is 1. The van der Waals surface area contributed by atoms with E-state index in [2.05, 4.69) is 15.4 Å². The van der Waals surface area contributed by atoms with Crippen LogP contribution in [0.4, 0.5) is 13.2 Å². The quantitative estimate of drug-likeness (QED) is 0.582. The van der Waals surface area contributed by atoms with Crippen molar-refractivity contribution < 1.29 is 18.0 Å². The second-order valence-corrected chi connectivity index (χ2v) is 7.86. The molecule has 0 aliphatic carbocycles. The van der Waals surface area contributed by atoms with Crippen molar-refractivity contribution in [1.82, 2.24) is 20.4 Å². The van der Waals surface area contributed by atoms with Gasteiger partial charge in [0.25, 0.3) is 5.91 Å². The number of hydrogen-bond donors (Lipinski definition) is 2. The zero-order chi connectivity index (χ0) is 21.5. The number of halogens is 4. The van der Waals surface area contributed by atoms with Gasteiger partial charge in [0.2, 0.25) is 0 Å². The molecule has 0 unspecified atom stereocenters. The van der Waals surface area contributed by atoms with Gasteiger partial charge in [0.1, 0.15) is 11.3 Å². The van der Waals surface area contributed by atoms with Crippen LogP contribution < -0.4 is 5.43 Å². The van der Waals surface area contributed by atoms with Crippen LogP contribution in [0.3, 0.4) is 0 Å². The van der Waals surface area contributed by atoms with E-state index in [-0.39, 0.29) is 22.0 Å². The zero-order valence-corrected chi connectivity index (χ0v) is 17.0. The number of rotatable bonds is 3. The lowest BCUT2D eigenvalue weighted by molar-refractivity contribution is -0.137. The van der Waals surface area contributed by atoms with Crippen LogP contribution in [0.15, 0.2) is 30.3 Å². The Morgan fingerprint density at radius 2 is 1.90 bits per heavy atom. The number of nitrogens with one attached hydrogen (secondary N) is 2. The van der Waals surface area contributed by atoms with Gasteiger partial charge < -0.3 is 4.98 Å². The van der Waals surface area contributed by atoms with Crippen molar-refractivity contribution in [2.75, 3.05) is 13.1 Å².